The van der Waals surface area contributed by atoms with Gasteiger partial charge in [0.1, 0.15) is 35.7 Å². The van der Waals surface area contributed by atoms with E-state index in [4.69, 9.17) is 9.47 Å². The van der Waals surface area contributed by atoms with Gasteiger partial charge in [0.05, 0.1) is 32.9 Å². The maximum atomic E-state index is 15.1. The summed E-state index contributed by atoms with van der Waals surface area (Å²) in [6.07, 6.45) is 2.70. The SMILES string of the molecule is CN1CCN(c2c(F)cc3c(=O)c(C(=O)O)cn4c3c2OCC4(C)C)CC1.CN1CCN(c2c(F)cc3c(=O)c(C(=O)O)cn4c3c2OCC4(C)C)CC1.O. The Morgan fingerprint density at radius 1 is 0.636 bits per heavy atom. The third kappa shape index (κ3) is 6.63. The summed E-state index contributed by atoms with van der Waals surface area (Å²) in [6.45, 7) is 13.9. The molecule has 2 fully saturated rings. The molecule has 0 aliphatic carbocycles. The van der Waals surface area contributed by atoms with E-state index < -0.39 is 45.5 Å². The number of ether oxygens (including phenoxy) is 2. The predicted octanol–water partition coefficient (Wildman–Crippen LogP) is 2.61. The van der Waals surface area contributed by atoms with Crippen LogP contribution in [0.25, 0.3) is 21.8 Å². The second-order valence-electron chi connectivity index (χ2n) is 15.7. The van der Waals surface area contributed by atoms with E-state index in [1.807, 2.05) is 51.6 Å². The molecular formula is C38H46F2N6O9. The number of carbonyl (C=O) groups is 2. The van der Waals surface area contributed by atoms with Crippen LogP contribution in [0.1, 0.15) is 48.4 Å². The number of piperazine rings is 2. The first-order chi connectivity index (χ1) is 25.4. The number of hydrogen-bond donors (Lipinski definition) is 2. The van der Waals surface area contributed by atoms with Crippen LogP contribution < -0.4 is 30.1 Å². The third-order valence-electron chi connectivity index (χ3n) is 10.9. The average Bonchev–Trinajstić information content (AvgIpc) is 3.10. The number of aromatic carboxylic acids is 2. The summed E-state index contributed by atoms with van der Waals surface area (Å²) in [6, 6.07) is 2.31. The van der Waals surface area contributed by atoms with Gasteiger partial charge >= 0.3 is 11.9 Å². The molecule has 2 saturated heterocycles. The van der Waals surface area contributed by atoms with Gasteiger partial charge in [-0.05, 0) is 53.9 Å². The maximum Gasteiger partial charge on any atom is 0.341 e. The van der Waals surface area contributed by atoms with Crippen molar-refractivity contribution >= 4 is 45.1 Å². The number of halogens is 2. The molecule has 8 rings (SSSR count). The lowest BCUT2D eigenvalue weighted by Crippen LogP contribution is -2.45. The van der Waals surface area contributed by atoms with Gasteiger partial charge in [-0.1, -0.05) is 0 Å². The van der Waals surface area contributed by atoms with Gasteiger partial charge in [-0.15, -0.1) is 0 Å². The van der Waals surface area contributed by atoms with E-state index in [2.05, 4.69) is 9.80 Å². The van der Waals surface area contributed by atoms with Crippen LogP contribution in [0.3, 0.4) is 0 Å². The van der Waals surface area contributed by atoms with Crippen molar-refractivity contribution < 1.29 is 43.5 Å². The first kappa shape index (κ1) is 39.4. The van der Waals surface area contributed by atoms with Gasteiger partial charge in [-0.25, -0.2) is 18.4 Å². The maximum absolute atomic E-state index is 15.1. The van der Waals surface area contributed by atoms with Gasteiger partial charge in [0.15, 0.2) is 23.1 Å². The molecule has 4 N–H and O–H groups in total. The summed E-state index contributed by atoms with van der Waals surface area (Å²) < 4.78 is 45.6. The largest absolute Gasteiger partial charge is 0.487 e. The molecule has 0 unspecified atom stereocenters. The second-order valence-corrected chi connectivity index (χ2v) is 15.7. The molecule has 4 aromatic rings. The predicted molar refractivity (Wildman–Crippen MR) is 203 cm³/mol. The minimum Gasteiger partial charge on any atom is -0.487 e. The van der Waals surface area contributed by atoms with E-state index in [1.165, 1.54) is 12.4 Å². The number of carboxylic acid groups (broad SMARTS) is 2. The Morgan fingerprint density at radius 3 is 1.27 bits per heavy atom. The number of pyridine rings is 2. The molecule has 296 valence electrons. The smallest absolute Gasteiger partial charge is 0.341 e. The van der Waals surface area contributed by atoms with Gasteiger partial charge in [-0.2, -0.15) is 0 Å². The van der Waals surface area contributed by atoms with Crippen molar-refractivity contribution in [2.75, 3.05) is 89.5 Å². The van der Waals surface area contributed by atoms with E-state index in [0.29, 0.717) is 60.1 Å². The minimum atomic E-state index is -1.32. The van der Waals surface area contributed by atoms with E-state index in [9.17, 15) is 29.4 Å². The molecular weight excluding hydrogens is 722 g/mol. The highest BCUT2D eigenvalue weighted by Crippen LogP contribution is 2.45. The number of carboxylic acids is 2. The number of anilines is 2. The van der Waals surface area contributed by atoms with Gasteiger partial charge < -0.3 is 53.9 Å². The standard InChI is InChI=1S/2C19H22FN3O4.H2O/c2*1-19(2)10-27-17-14-11(16(24)12(18(25)26)9-23(14)19)8-13(20)15(17)22-6-4-21(3)5-7-22;/h2*8-9H,4-7,10H2,1-3H3,(H,25,26);1H2. The number of aromatic nitrogens is 2. The zero-order valence-corrected chi connectivity index (χ0v) is 31.7. The first-order valence-corrected chi connectivity index (χ1v) is 17.8. The van der Waals surface area contributed by atoms with Gasteiger partial charge in [0.25, 0.3) is 0 Å². The summed E-state index contributed by atoms with van der Waals surface area (Å²) in [5.41, 5.74) is -1.65. The van der Waals surface area contributed by atoms with Crippen LogP contribution in [0.2, 0.25) is 0 Å². The molecule has 15 nitrogen and oxygen atoms in total. The molecule has 2 aromatic carbocycles. The molecule has 0 saturated carbocycles. The van der Waals surface area contributed by atoms with Gasteiger partial charge in [-0.3, -0.25) is 9.59 Å². The topological polar surface area (TPSA) is 182 Å². The molecule has 0 amide bonds. The van der Waals surface area contributed by atoms with Crippen LogP contribution in [-0.4, -0.2) is 126 Å². The molecule has 0 radical (unpaired) electrons. The van der Waals surface area contributed by atoms with Crippen molar-refractivity contribution in [3.05, 3.63) is 67.7 Å². The summed E-state index contributed by atoms with van der Waals surface area (Å²) in [4.78, 5) is 56.6. The third-order valence-corrected chi connectivity index (χ3v) is 10.9. The second kappa shape index (κ2) is 14.1. The lowest BCUT2D eigenvalue weighted by molar-refractivity contribution is 0.0682. The van der Waals surface area contributed by atoms with E-state index in [-0.39, 0.29) is 40.6 Å². The summed E-state index contributed by atoms with van der Waals surface area (Å²) in [5, 5.41) is 18.9. The summed E-state index contributed by atoms with van der Waals surface area (Å²) in [7, 11) is 4.03. The van der Waals surface area contributed by atoms with Crippen molar-refractivity contribution in [3.8, 4) is 11.5 Å². The van der Waals surface area contributed by atoms with E-state index in [0.717, 1.165) is 38.3 Å². The Bertz CT molecular complexity index is 2180. The normalized spacial score (nSPS) is 18.8. The fraction of sp³-hybridized carbons (Fsp3) is 0.474. The van der Waals surface area contributed by atoms with Crippen molar-refractivity contribution in [2.45, 2.75) is 38.8 Å². The lowest BCUT2D eigenvalue weighted by atomic mass is 9.99. The highest BCUT2D eigenvalue weighted by molar-refractivity contribution is 5.98. The molecule has 0 spiro atoms. The highest BCUT2D eigenvalue weighted by atomic mass is 19.1. The summed E-state index contributed by atoms with van der Waals surface area (Å²) >= 11 is 0. The first-order valence-electron chi connectivity index (χ1n) is 17.8. The molecule has 2 aromatic heterocycles. The molecule has 0 atom stereocenters. The van der Waals surface area contributed by atoms with Crippen molar-refractivity contribution in [1.82, 2.24) is 18.9 Å². The zero-order chi connectivity index (χ0) is 39.0. The number of rotatable bonds is 4. The van der Waals surface area contributed by atoms with Crippen LogP contribution in [0.15, 0.2) is 34.1 Å². The molecule has 0 bridgehead atoms. The Kier molecular flexibility index (Phi) is 10.1. The van der Waals surface area contributed by atoms with E-state index in [1.54, 1.807) is 9.13 Å². The number of hydrogen-bond acceptors (Lipinski definition) is 10. The fourth-order valence-corrected chi connectivity index (χ4v) is 7.65. The average molecular weight is 769 g/mol. The van der Waals surface area contributed by atoms with Crippen molar-refractivity contribution in [3.63, 3.8) is 0 Å². The van der Waals surface area contributed by atoms with Crippen molar-refractivity contribution in [2.24, 2.45) is 0 Å². The number of benzene rings is 2. The minimum absolute atomic E-state index is 0. The zero-order valence-electron chi connectivity index (χ0n) is 31.7. The molecule has 17 heteroatoms. The molecule has 6 heterocycles. The van der Waals surface area contributed by atoms with Gasteiger partial charge in [0, 0.05) is 64.8 Å². The fourth-order valence-electron chi connectivity index (χ4n) is 7.65. The summed E-state index contributed by atoms with van der Waals surface area (Å²) in [5.74, 6) is -3.12. The number of likely N-dealkylation sites (N-methyl/N-ethyl adjacent to an activating group) is 2. The van der Waals surface area contributed by atoms with Crippen LogP contribution in [-0.2, 0) is 11.1 Å². The molecule has 4 aliphatic rings. The van der Waals surface area contributed by atoms with Crippen LogP contribution in [0.5, 0.6) is 11.5 Å². The number of nitrogens with zero attached hydrogens (tertiary/aromatic N) is 6. The Morgan fingerprint density at radius 2 is 0.964 bits per heavy atom. The monoisotopic (exact) mass is 768 g/mol. The van der Waals surface area contributed by atoms with Crippen LogP contribution in [0.4, 0.5) is 20.2 Å². The quantitative estimate of drug-likeness (QED) is 0.310. The highest BCUT2D eigenvalue weighted by Gasteiger charge is 2.37. The Labute approximate surface area is 314 Å². The van der Waals surface area contributed by atoms with Crippen LogP contribution in [0, 0.1) is 11.6 Å². The van der Waals surface area contributed by atoms with E-state index >= 15 is 8.78 Å². The molecule has 55 heavy (non-hydrogen) atoms. The van der Waals surface area contributed by atoms with Crippen LogP contribution >= 0.6 is 0 Å². The Balaban J connectivity index is 0.000000184. The lowest BCUT2D eigenvalue weighted by Gasteiger charge is -2.39. The molecule has 4 aliphatic heterocycles. The Hall–Kier alpha value is -5.26. The van der Waals surface area contributed by atoms with Crippen molar-refractivity contribution in [1.29, 1.82) is 0 Å². The van der Waals surface area contributed by atoms with Gasteiger partial charge in [0.2, 0.25) is 10.9 Å².